The van der Waals surface area contributed by atoms with Crippen molar-refractivity contribution in [2.45, 2.75) is 38.2 Å². The molecule has 0 aromatic rings. The molecule has 0 aliphatic carbocycles. The normalized spacial score (nSPS) is 50.5. The molecule has 1 unspecified atom stereocenters. The second-order valence-corrected chi connectivity index (χ2v) is 3.72. The second kappa shape index (κ2) is 3.26. The van der Waals surface area contributed by atoms with Gasteiger partial charge >= 0.3 is 0 Å². The van der Waals surface area contributed by atoms with Gasteiger partial charge in [-0.05, 0) is 6.42 Å². The van der Waals surface area contributed by atoms with Gasteiger partial charge in [0.15, 0.2) is 5.79 Å². The van der Waals surface area contributed by atoms with Crippen LogP contribution in [0, 0.1) is 5.92 Å². The van der Waals surface area contributed by atoms with Gasteiger partial charge in [-0.15, -0.1) is 0 Å². The number of fused-ring (bicyclic) bond motifs is 2. The van der Waals surface area contributed by atoms with E-state index in [0.717, 1.165) is 6.42 Å². The molecule has 0 N–H and O–H groups in total. The summed E-state index contributed by atoms with van der Waals surface area (Å²) >= 11 is 0. The largest absolute Gasteiger partial charge is 0.373 e. The zero-order valence-corrected chi connectivity index (χ0v) is 8.16. The first kappa shape index (κ1) is 9.50. The molecule has 2 bridgehead atoms. The fourth-order valence-corrected chi connectivity index (χ4v) is 2.25. The highest BCUT2D eigenvalue weighted by atomic mass is 16.7. The predicted octanol–water partition coefficient (Wildman–Crippen LogP) is 0.669. The minimum Gasteiger partial charge on any atom is -0.373 e. The summed E-state index contributed by atoms with van der Waals surface area (Å²) in [4.78, 5) is 0. The molecule has 0 saturated carbocycles. The fraction of sp³-hybridized carbons (Fsp3) is 1.00. The Labute approximate surface area is 80.1 Å². The van der Waals surface area contributed by atoms with Crippen molar-refractivity contribution in [2.75, 3.05) is 13.2 Å². The Balaban J connectivity index is 2.24. The third-order valence-corrected chi connectivity index (χ3v) is 3.08. The highest BCUT2D eigenvalue weighted by molar-refractivity contribution is 6.11. The van der Waals surface area contributed by atoms with Gasteiger partial charge in [0.2, 0.25) is 0 Å². The first-order valence-corrected chi connectivity index (χ1v) is 4.88. The van der Waals surface area contributed by atoms with Crippen LogP contribution < -0.4 is 0 Å². The Hall–Kier alpha value is -0.0551. The molecule has 2 saturated heterocycles. The molecule has 2 radical (unpaired) electrons. The predicted molar refractivity (Wildman–Crippen MR) is 48.5 cm³/mol. The minimum absolute atomic E-state index is 0.0116. The Morgan fingerprint density at radius 3 is 2.92 bits per heavy atom. The van der Waals surface area contributed by atoms with Crippen molar-refractivity contribution >= 4 is 7.85 Å². The van der Waals surface area contributed by atoms with Crippen LogP contribution in [0.4, 0.5) is 0 Å². The van der Waals surface area contributed by atoms with E-state index >= 15 is 0 Å². The maximum Gasteiger partial charge on any atom is 0.172 e. The molecule has 2 aliphatic rings. The number of hydrogen-bond donors (Lipinski definition) is 0. The molecule has 2 fully saturated rings. The van der Waals surface area contributed by atoms with Crippen LogP contribution in [0.5, 0.6) is 0 Å². The van der Waals surface area contributed by atoms with Gasteiger partial charge in [-0.25, -0.2) is 0 Å². The Morgan fingerprint density at radius 1 is 1.46 bits per heavy atom. The lowest BCUT2D eigenvalue weighted by molar-refractivity contribution is -0.237. The summed E-state index contributed by atoms with van der Waals surface area (Å²) in [5, 5.41) is 0. The zero-order valence-electron chi connectivity index (χ0n) is 8.16. The first-order valence-electron chi connectivity index (χ1n) is 4.88. The second-order valence-electron chi connectivity index (χ2n) is 3.72. The molecule has 3 nitrogen and oxygen atoms in total. The van der Waals surface area contributed by atoms with Crippen molar-refractivity contribution in [1.29, 1.82) is 0 Å². The summed E-state index contributed by atoms with van der Waals surface area (Å²) in [7, 11) is 5.81. The average Bonchev–Trinajstić information content (AvgIpc) is 2.26. The van der Waals surface area contributed by atoms with Gasteiger partial charge in [0.05, 0.1) is 19.3 Å². The third kappa shape index (κ3) is 1.32. The molecule has 0 spiro atoms. The van der Waals surface area contributed by atoms with E-state index in [0.29, 0.717) is 13.2 Å². The molecule has 0 amide bonds. The highest BCUT2D eigenvalue weighted by Gasteiger charge is 2.52. The molecule has 13 heavy (non-hydrogen) atoms. The molecule has 72 valence electrons. The van der Waals surface area contributed by atoms with Crippen LogP contribution in [-0.2, 0) is 14.2 Å². The summed E-state index contributed by atoms with van der Waals surface area (Å²) in [5.74, 6) is -0.282. The van der Waals surface area contributed by atoms with Crippen molar-refractivity contribution < 1.29 is 14.2 Å². The minimum atomic E-state index is -0.499. The lowest BCUT2D eigenvalue weighted by atomic mass is 9.87. The van der Waals surface area contributed by atoms with Gasteiger partial charge < -0.3 is 14.2 Å². The lowest BCUT2D eigenvalue weighted by Gasteiger charge is -2.30. The molecule has 4 heteroatoms. The standard InChI is InChI=1S/C9H15BO3/c1-3-9-6(2)7(8(10)13-9)11-4-5-12-9/h6-8H,3-5H2,1-2H3/t6-,7?,8-,9-/m1/s1. The van der Waals surface area contributed by atoms with E-state index < -0.39 is 5.79 Å². The Morgan fingerprint density at radius 2 is 2.23 bits per heavy atom. The zero-order chi connectivity index (χ0) is 9.47. The van der Waals surface area contributed by atoms with Gasteiger partial charge in [0.25, 0.3) is 0 Å². The van der Waals surface area contributed by atoms with Gasteiger partial charge in [0.1, 0.15) is 7.85 Å². The lowest BCUT2D eigenvalue weighted by Crippen LogP contribution is -2.37. The number of rotatable bonds is 1. The van der Waals surface area contributed by atoms with Crippen LogP contribution in [0.2, 0.25) is 0 Å². The molecule has 2 aliphatic heterocycles. The van der Waals surface area contributed by atoms with Gasteiger partial charge in [-0.1, -0.05) is 13.8 Å². The number of hydrogen-bond acceptors (Lipinski definition) is 3. The molecule has 2 heterocycles. The molecule has 0 aromatic carbocycles. The van der Waals surface area contributed by atoms with Crippen molar-refractivity contribution in [1.82, 2.24) is 0 Å². The van der Waals surface area contributed by atoms with Crippen molar-refractivity contribution in [2.24, 2.45) is 5.92 Å². The average molecular weight is 182 g/mol. The van der Waals surface area contributed by atoms with Gasteiger partial charge in [-0.2, -0.15) is 0 Å². The molecule has 0 aromatic heterocycles. The van der Waals surface area contributed by atoms with E-state index in [4.69, 9.17) is 22.1 Å². The monoisotopic (exact) mass is 182 g/mol. The van der Waals surface area contributed by atoms with Gasteiger partial charge in [-0.3, -0.25) is 0 Å². The van der Waals surface area contributed by atoms with E-state index in [9.17, 15) is 0 Å². The van der Waals surface area contributed by atoms with Crippen LogP contribution in [0.25, 0.3) is 0 Å². The van der Waals surface area contributed by atoms with Crippen molar-refractivity contribution in [3.8, 4) is 0 Å². The van der Waals surface area contributed by atoms with Gasteiger partial charge in [0, 0.05) is 11.9 Å². The maximum absolute atomic E-state index is 5.81. The Bertz CT molecular complexity index is 199. The Kier molecular flexibility index (Phi) is 2.38. The van der Waals surface area contributed by atoms with Crippen LogP contribution >= 0.6 is 0 Å². The summed E-state index contributed by atoms with van der Waals surface area (Å²) in [6, 6.07) is -0.338. The van der Waals surface area contributed by atoms with Crippen LogP contribution in [0.1, 0.15) is 20.3 Å². The third-order valence-electron chi connectivity index (χ3n) is 3.08. The van der Waals surface area contributed by atoms with E-state index in [2.05, 4.69) is 13.8 Å². The summed E-state index contributed by atoms with van der Waals surface area (Å²) < 4.78 is 16.9. The van der Waals surface area contributed by atoms with Crippen LogP contribution in [0.15, 0.2) is 0 Å². The molecule has 2 rings (SSSR count). The van der Waals surface area contributed by atoms with Crippen LogP contribution in [0.3, 0.4) is 0 Å². The number of ether oxygens (including phenoxy) is 3. The summed E-state index contributed by atoms with van der Waals surface area (Å²) in [5.41, 5.74) is 0. The van der Waals surface area contributed by atoms with E-state index in [-0.39, 0.29) is 18.0 Å². The van der Waals surface area contributed by atoms with Crippen molar-refractivity contribution in [3.63, 3.8) is 0 Å². The van der Waals surface area contributed by atoms with E-state index in [1.807, 2.05) is 0 Å². The fourth-order valence-electron chi connectivity index (χ4n) is 2.25. The first-order chi connectivity index (χ1) is 6.19. The van der Waals surface area contributed by atoms with Crippen LogP contribution in [-0.4, -0.2) is 39.0 Å². The highest BCUT2D eigenvalue weighted by Crippen LogP contribution is 2.41. The summed E-state index contributed by atoms with van der Waals surface area (Å²) in [6.07, 6.45) is 0.810. The smallest absolute Gasteiger partial charge is 0.172 e. The maximum atomic E-state index is 5.81. The van der Waals surface area contributed by atoms with E-state index in [1.54, 1.807) is 0 Å². The summed E-state index contributed by atoms with van der Waals surface area (Å²) in [6.45, 7) is 5.35. The SMILES string of the molecule is [B][C@@H]1O[C@@]2(CC)OCCOC1[C@H]2C. The molecule has 4 atom stereocenters. The molecular formula is C9H15BO3. The van der Waals surface area contributed by atoms with Crippen molar-refractivity contribution in [3.05, 3.63) is 0 Å². The quantitative estimate of drug-likeness (QED) is 0.557. The molecular weight excluding hydrogens is 167 g/mol. The van der Waals surface area contributed by atoms with E-state index in [1.165, 1.54) is 0 Å². The topological polar surface area (TPSA) is 27.7 Å².